The van der Waals surface area contributed by atoms with E-state index < -0.39 is 0 Å². The Bertz CT molecular complexity index is 304. The van der Waals surface area contributed by atoms with Crippen LogP contribution in [0.2, 0.25) is 0 Å². The number of hydrogen-bond donors (Lipinski definition) is 1. The molecule has 1 aromatic rings. The van der Waals surface area contributed by atoms with Crippen molar-refractivity contribution in [3.05, 3.63) is 24.3 Å². The average molecular weight is 253 g/mol. The van der Waals surface area contributed by atoms with Crippen molar-refractivity contribution >= 4 is 23.5 Å². The number of rotatable bonds is 4. The van der Waals surface area contributed by atoms with Crippen molar-refractivity contribution in [2.75, 3.05) is 18.1 Å². The molecule has 0 atom stereocenters. The smallest absolute Gasteiger partial charge is 0.00831 e. The monoisotopic (exact) mass is 253 g/mol. The number of hydrogen-bond acceptors (Lipinski definition) is 3. The van der Waals surface area contributed by atoms with Gasteiger partial charge < -0.3 is 5.73 Å². The number of unbranched alkanes of at least 4 members (excludes halogenated alkanes) is 1. The summed E-state index contributed by atoms with van der Waals surface area (Å²) in [6.07, 6.45) is 3.80. The topological polar surface area (TPSA) is 26.0 Å². The first-order chi connectivity index (χ1) is 7.88. The average Bonchev–Trinajstić information content (AvgIpc) is 2.31. The van der Waals surface area contributed by atoms with E-state index in [2.05, 4.69) is 24.3 Å². The second-order valence-electron chi connectivity index (χ2n) is 4.25. The van der Waals surface area contributed by atoms with E-state index in [1.165, 1.54) is 40.6 Å². The molecule has 0 aliphatic carbocycles. The summed E-state index contributed by atoms with van der Waals surface area (Å²) < 4.78 is 0. The van der Waals surface area contributed by atoms with Crippen LogP contribution in [0.1, 0.15) is 19.3 Å². The van der Waals surface area contributed by atoms with Gasteiger partial charge in [0.05, 0.1) is 0 Å². The number of nitrogens with two attached hydrogens (primary N) is 1. The van der Waals surface area contributed by atoms with Gasteiger partial charge in [-0.25, -0.2) is 0 Å². The molecule has 1 aliphatic heterocycles. The quantitative estimate of drug-likeness (QED) is 0.830. The van der Waals surface area contributed by atoms with Gasteiger partial charge in [-0.2, -0.15) is 0 Å². The van der Waals surface area contributed by atoms with E-state index in [0.29, 0.717) is 0 Å². The van der Waals surface area contributed by atoms with Crippen LogP contribution in [0.3, 0.4) is 0 Å². The Labute approximate surface area is 107 Å². The van der Waals surface area contributed by atoms with Crippen molar-refractivity contribution in [1.29, 1.82) is 0 Å². The lowest BCUT2D eigenvalue weighted by atomic mass is 10.1. The third-order valence-corrected chi connectivity index (χ3v) is 5.29. The number of fused-ring (bicyclic) bond motifs is 2. The summed E-state index contributed by atoms with van der Waals surface area (Å²) in [5.74, 6) is 3.38. The minimum Gasteiger partial charge on any atom is -0.330 e. The normalized spacial score (nSPS) is 16.8. The minimum absolute atomic E-state index is 0.839. The Morgan fingerprint density at radius 3 is 2.44 bits per heavy atom. The molecule has 1 heterocycles. The van der Waals surface area contributed by atoms with Gasteiger partial charge in [0, 0.05) is 21.3 Å². The van der Waals surface area contributed by atoms with Crippen LogP contribution >= 0.6 is 23.5 Å². The molecule has 2 N–H and O–H groups in total. The molecule has 0 aromatic heterocycles. The van der Waals surface area contributed by atoms with E-state index in [4.69, 9.17) is 5.73 Å². The fraction of sp³-hybridized carbons (Fsp3) is 0.538. The fourth-order valence-electron chi connectivity index (χ4n) is 1.87. The predicted molar refractivity (Wildman–Crippen MR) is 74.3 cm³/mol. The minimum atomic E-state index is 0.839. The van der Waals surface area contributed by atoms with Crippen LogP contribution < -0.4 is 5.73 Å². The molecule has 2 bridgehead atoms. The van der Waals surface area contributed by atoms with Gasteiger partial charge in [-0.3, -0.25) is 0 Å². The fourth-order valence-corrected chi connectivity index (χ4v) is 4.29. The van der Waals surface area contributed by atoms with Crippen LogP contribution in [-0.2, 0) is 0 Å². The largest absolute Gasteiger partial charge is 0.330 e. The third-order valence-electron chi connectivity index (χ3n) is 2.84. The third kappa shape index (κ3) is 3.72. The highest BCUT2D eigenvalue weighted by molar-refractivity contribution is 8.00. The SMILES string of the molecule is NCCCCC1CSc2cccc(c2)SC1. The van der Waals surface area contributed by atoms with Gasteiger partial charge in [0.1, 0.15) is 0 Å². The molecule has 16 heavy (non-hydrogen) atoms. The highest BCUT2D eigenvalue weighted by atomic mass is 32.2. The molecule has 1 aromatic carbocycles. The van der Waals surface area contributed by atoms with Gasteiger partial charge in [-0.15, -0.1) is 23.5 Å². The van der Waals surface area contributed by atoms with Crippen LogP contribution in [0.15, 0.2) is 34.1 Å². The first kappa shape index (κ1) is 12.3. The highest BCUT2D eigenvalue weighted by Gasteiger charge is 2.13. The molecule has 0 spiro atoms. The summed E-state index contributed by atoms with van der Waals surface area (Å²) in [5.41, 5.74) is 5.54. The Kier molecular flexibility index (Phi) is 5.07. The standard InChI is InChI=1S/C13H19NS2/c14-7-2-1-4-11-9-15-12-5-3-6-13(8-12)16-10-11/h3,5-6,8,11H,1-2,4,7,9-10,14H2. The maximum Gasteiger partial charge on any atom is 0.00831 e. The lowest BCUT2D eigenvalue weighted by Gasteiger charge is -2.19. The van der Waals surface area contributed by atoms with E-state index in [1.54, 1.807) is 0 Å². The van der Waals surface area contributed by atoms with Gasteiger partial charge in [-0.1, -0.05) is 12.5 Å². The molecule has 3 heteroatoms. The lowest BCUT2D eigenvalue weighted by molar-refractivity contribution is 0.555. The first-order valence-electron chi connectivity index (χ1n) is 5.94. The molecule has 0 fully saturated rings. The molecule has 0 saturated carbocycles. The second kappa shape index (κ2) is 6.58. The maximum atomic E-state index is 5.54. The zero-order valence-electron chi connectivity index (χ0n) is 9.52. The molecule has 0 radical (unpaired) electrons. The molecule has 88 valence electrons. The van der Waals surface area contributed by atoms with E-state index >= 15 is 0 Å². The number of thioether (sulfide) groups is 2. The molecule has 1 nitrogen and oxygen atoms in total. The molecule has 2 rings (SSSR count). The molecule has 0 amide bonds. The Balaban J connectivity index is 1.87. The number of benzene rings is 1. The summed E-state index contributed by atoms with van der Waals surface area (Å²) in [6, 6.07) is 8.92. The summed E-state index contributed by atoms with van der Waals surface area (Å²) in [6.45, 7) is 0.839. The van der Waals surface area contributed by atoms with Crippen molar-refractivity contribution in [2.24, 2.45) is 11.7 Å². The van der Waals surface area contributed by atoms with Gasteiger partial charge in [-0.05, 0) is 43.5 Å². The molecular weight excluding hydrogens is 234 g/mol. The predicted octanol–water partition coefficient (Wildman–Crippen LogP) is 3.63. The van der Waals surface area contributed by atoms with Crippen molar-refractivity contribution < 1.29 is 0 Å². The van der Waals surface area contributed by atoms with Crippen LogP contribution in [0.4, 0.5) is 0 Å². The van der Waals surface area contributed by atoms with Crippen LogP contribution in [-0.4, -0.2) is 18.1 Å². The summed E-state index contributed by atoms with van der Waals surface area (Å²) in [4.78, 5) is 2.85. The lowest BCUT2D eigenvalue weighted by Crippen LogP contribution is -2.10. The van der Waals surface area contributed by atoms with Crippen molar-refractivity contribution in [1.82, 2.24) is 0 Å². The Hall–Kier alpha value is -0.120. The van der Waals surface area contributed by atoms with E-state index in [9.17, 15) is 0 Å². The molecule has 0 unspecified atom stereocenters. The summed E-state index contributed by atoms with van der Waals surface area (Å²) in [5, 5.41) is 0. The summed E-state index contributed by atoms with van der Waals surface area (Å²) >= 11 is 4.01. The zero-order chi connectivity index (χ0) is 11.2. The van der Waals surface area contributed by atoms with Crippen LogP contribution in [0.25, 0.3) is 0 Å². The van der Waals surface area contributed by atoms with E-state index in [-0.39, 0.29) is 0 Å². The van der Waals surface area contributed by atoms with Crippen molar-refractivity contribution in [3.63, 3.8) is 0 Å². The molecule has 1 aliphatic rings. The van der Waals surface area contributed by atoms with E-state index in [1.807, 2.05) is 23.5 Å². The second-order valence-corrected chi connectivity index (χ2v) is 6.43. The Morgan fingerprint density at radius 1 is 1.12 bits per heavy atom. The van der Waals surface area contributed by atoms with Gasteiger partial charge in [0.2, 0.25) is 0 Å². The van der Waals surface area contributed by atoms with Crippen molar-refractivity contribution in [3.8, 4) is 0 Å². The highest BCUT2D eigenvalue weighted by Crippen LogP contribution is 2.33. The van der Waals surface area contributed by atoms with Crippen LogP contribution in [0, 0.1) is 5.92 Å². The van der Waals surface area contributed by atoms with Gasteiger partial charge in [0.15, 0.2) is 0 Å². The molecular formula is C13H19NS2. The summed E-state index contributed by atoms with van der Waals surface area (Å²) in [7, 11) is 0. The molecule has 0 saturated heterocycles. The first-order valence-corrected chi connectivity index (χ1v) is 7.91. The van der Waals surface area contributed by atoms with Crippen LogP contribution in [0.5, 0.6) is 0 Å². The van der Waals surface area contributed by atoms with E-state index in [0.717, 1.165) is 12.5 Å². The maximum absolute atomic E-state index is 5.54. The van der Waals surface area contributed by atoms with Crippen molar-refractivity contribution in [2.45, 2.75) is 29.1 Å². The zero-order valence-corrected chi connectivity index (χ0v) is 11.2. The van der Waals surface area contributed by atoms with Gasteiger partial charge >= 0.3 is 0 Å². The Morgan fingerprint density at radius 2 is 1.81 bits per heavy atom. The van der Waals surface area contributed by atoms with Gasteiger partial charge in [0.25, 0.3) is 0 Å².